The largest absolute Gasteiger partial charge is 0.461 e. The molecule has 92 valence electrons. The van der Waals surface area contributed by atoms with Gasteiger partial charge in [-0.2, -0.15) is 0 Å². The molecule has 0 radical (unpaired) electrons. The molecule has 4 nitrogen and oxygen atoms in total. The molecule has 0 aliphatic heterocycles. The van der Waals surface area contributed by atoms with Gasteiger partial charge < -0.3 is 9.15 Å². The lowest BCUT2D eigenvalue weighted by atomic mass is 10.2. The van der Waals surface area contributed by atoms with Gasteiger partial charge in [-0.05, 0) is 30.9 Å². The van der Waals surface area contributed by atoms with Gasteiger partial charge in [0, 0.05) is 5.56 Å². The minimum Gasteiger partial charge on any atom is -0.461 e. The molecule has 1 aliphatic rings. The van der Waals surface area contributed by atoms with Gasteiger partial charge in [-0.1, -0.05) is 18.2 Å². The van der Waals surface area contributed by atoms with Crippen LogP contribution in [0.4, 0.5) is 0 Å². The Bertz CT molecular complexity index is 543. The summed E-state index contributed by atoms with van der Waals surface area (Å²) in [6, 6.07) is 9.46. The number of hydrogen-bond donors (Lipinski definition) is 0. The van der Waals surface area contributed by atoms with E-state index in [2.05, 4.69) is 4.98 Å². The number of esters is 1. The molecule has 1 fully saturated rings. The van der Waals surface area contributed by atoms with E-state index in [0.717, 1.165) is 18.4 Å². The first-order chi connectivity index (χ1) is 8.83. The molecule has 0 amide bonds. The monoisotopic (exact) mass is 243 g/mol. The third-order valence-electron chi connectivity index (χ3n) is 2.88. The molecule has 1 saturated carbocycles. The summed E-state index contributed by atoms with van der Waals surface area (Å²) in [5.41, 5.74) is 1.08. The molecular formula is C14H13NO3. The number of aromatic nitrogens is 1. The Hall–Kier alpha value is -2.10. The molecule has 0 bridgehead atoms. The van der Waals surface area contributed by atoms with Crippen molar-refractivity contribution in [1.29, 1.82) is 0 Å². The maximum Gasteiger partial charge on any atom is 0.360 e. The van der Waals surface area contributed by atoms with E-state index >= 15 is 0 Å². The fourth-order valence-electron chi connectivity index (χ4n) is 1.63. The van der Waals surface area contributed by atoms with Crippen LogP contribution in [-0.2, 0) is 4.74 Å². The number of carbonyl (C=O) groups excluding carboxylic acids is 1. The van der Waals surface area contributed by atoms with Gasteiger partial charge in [-0.3, -0.25) is 0 Å². The van der Waals surface area contributed by atoms with E-state index in [0.29, 0.717) is 18.4 Å². The van der Waals surface area contributed by atoms with Crippen LogP contribution in [0.5, 0.6) is 0 Å². The van der Waals surface area contributed by atoms with Crippen molar-refractivity contribution in [2.45, 2.75) is 12.8 Å². The second-order valence-electron chi connectivity index (χ2n) is 4.45. The molecule has 0 spiro atoms. The van der Waals surface area contributed by atoms with Crippen LogP contribution in [0, 0.1) is 5.92 Å². The summed E-state index contributed by atoms with van der Waals surface area (Å²) in [5, 5.41) is 0. The third-order valence-corrected chi connectivity index (χ3v) is 2.88. The van der Waals surface area contributed by atoms with Gasteiger partial charge in [-0.25, -0.2) is 9.78 Å². The van der Waals surface area contributed by atoms with Gasteiger partial charge in [0.25, 0.3) is 0 Å². The first-order valence-electron chi connectivity index (χ1n) is 6.01. The highest BCUT2D eigenvalue weighted by Crippen LogP contribution is 2.29. The lowest BCUT2D eigenvalue weighted by Crippen LogP contribution is -2.07. The number of oxazole rings is 1. The highest BCUT2D eigenvalue weighted by Gasteiger charge is 2.24. The van der Waals surface area contributed by atoms with Gasteiger partial charge >= 0.3 is 5.97 Å². The van der Waals surface area contributed by atoms with Crippen molar-refractivity contribution in [3.63, 3.8) is 0 Å². The third kappa shape index (κ3) is 2.42. The number of ether oxygens (including phenoxy) is 1. The van der Waals surface area contributed by atoms with Crippen molar-refractivity contribution in [3.05, 3.63) is 42.3 Å². The Morgan fingerprint density at radius 3 is 2.83 bits per heavy atom. The average Bonchev–Trinajstić information content (AvgIpc) is 3.11. The Kier molecular flexibility index (Phi) is 2.84. The highest BCUT2D eigenvalue weighted by atomic mass is 16.5. The highest BCUT2D eigenvalue weighted by molar-refractivity contribution is 5.87. The van der Waals surface area contributed by atoms with Crippen LogP contribution in [0.15, 0.2) is 41.0 Å². The van der Waals surface area contributed by atoms with E-state index in [1.807, 2.05) is 30.3 Å². The molecule has 0 atom stereocenters. The fourth-order valence-corrected chi connectivity index (χ4v) is 1.63. The zero-order valence-electron chi connectivity index (χ0n) is 9.83. The Balaban J connectivity index is 1.70. The lowest BCUT2D eigenvalue weighted by molar-refractivity contribution is 0.0479. The molecular weight excluding hydrogens is 230 g/mol. The van der Waals surface area contributed by atoms with E-state index in [1.165, 1.54) is 6.26 Å². The maximum absolute atomic E-state index is 11.7. The normalized spacial score (nSPS) is 14.4. The van der Waals surface area contributed by atoms with Gasteiger partial charge in [0.2, 0.25) is 5.89 Å². The number of hydrogen-bond acceptors (Lipinski definition) is 4. The zero-order valence-corrected chi connectivity index (χ0v) is 9.83. The summed E-state index contributed by atoms with van der Waals surface area (Å²) >= 11 is 0. The SMILES string of the molecule is O=C(OCC1CC1)c1coc(-c2ccccc2)n1. The van der Waals surface area contributed by atoms with Crippen LogP contribution in [0.2, 0.25) is 0 Å². The Morgan fingerprint density at radius 2 is 2.11 bits per heavy atom. The molecule has 1 aromatic heterocycles. The standard InChI is InChI=1S/C14H13NO3/c16-14(18-8-10-6-7-10)12-9-17-13(15-12)11-4-2-1-3-5-11/h1-5,9-10H,6-8H2. The molecule has 18 heavy (non-hydrogen) atoms. The Labute approximate surface area is 105 Å². The minimum absolute atomic E-state index is 0.231. The van der Waals surface area contributed by atoms with Crippen LogP contribution in [0.25, 0.3) is 11.5 Å². The van der Waals surface area contributed by atoms with Crippen LogP contribution in [0.1, 0.15) is 23.3 Å². The summed E-state index contributed by atoms with van der Waals surface area (Å²) in [6.07, 6.45) is 3.65. The quantitative estimate of drug-likeness (QED) is 0.775. The molecule has 0 unspecified atom stereocenters. The summed E-state index contributed by atoms with van der Waals surface area (Å²) < 4.78 is 10.4. The van der Waals surface area contributed by atoms with E-state index in [9.17, 15) is 4.79 Å². The first-order valence-corrected chi connectivity index (χ1v) is 6.01. The second kappa shape index (κ2) is 4.64. The summed E-state index contributed by atoms with van der Waals surface area (Å²) in [5.74, 6) is 0.580. The van der Waals surface area contributed by atoms with Crippen molar-refractivity contribution in [1.82, 2.24) is 4.98 Å². The summed E-state index contributed by atoms with van der Waals surface area (Å²) in [7, 11) is 0. The maximum atomic E-state index is 11.7. The zero-order chi connectivity index (χ0) is 12.4. The van der Waals surface area contributed by atoms with Crippen molar-refractivity contribution in [3.8, 4) is 11.5 Å². The molecule has 1 heterocycles. The van der Waals surface area contributed by atoms with Gasteiger partial charge in [-0.15, -0.1) is 0 Å². The van der Waals surface area contributed by atoms with E-state index in [4.69, 9.17) is 9.15 Å². The molecule has 0 N–H and O–H groups in total. The van der Waals surface area contributed by atoms with Crippen LogP contribution < -0.4 is 0 Å². The smallest absolute Gasteiger partial charge is 0.360 e. The lowest BCUT2D eigenvalue weighted by Gasteiger charge is -1.99. The summed E-state index contributed by atoms with van der Waals surface area (Å²) in [4.78, 5) is 15.8. The number of nitrogens with zero attached hydrogens (tertiary/aromatic N) is 1. The molecule has 0 saturated heterocycles. The van der Waals surface area contributed by atoms with Gasteiger partial charge in [0.1, 0.15) is 6.26 Å². The average molecular weight is 243 g/mol. The predicted octanol–water partition coefficient (Wildman–Crippen LogP) is 2.91. The Morgan fingerprint density at radius 1 is 1.33 bits per heavy atom. The van der Waals surface area contributed by atoms with Gasteiger partial charge in [0.05, 0.1) is 6.61 Å². The number of benzene rings is 1. The number of rotatable bonds is 4. The van der Waals surface area contributed by atoms with Gasteiger partial charge in [0.15, 0.2) is 5.69 Å². The van der Waals surface area contributed by atoms with Crippen molar-refractivity contribution >= 4 is 5.97 Å². The van der Waals surface area contributed by atoms with Crippen LogP contribution in [0.3, 0.4) is 0 Å². The molecule has 1 aromatic carbocycles. The number of carbonyl (C=O) groups is 1. The van der Waals surface area contributed by atoms with Crippen molar-refractivity contribution < 1.29 is 13.9 Å². The predicted molar refractivity (Wildman–Crippen MR) is 64.9 cm³/mol. The first kappa shape index (κ1) is 11.0. The molecule has 1 aliphatic carbocycles. The molecule has 2 aromatic rings. The minimum atomic E-state index is -0.409. The molecule has 3 rings (SSSR count). The van der Waals surface area contributed by atoms with E-state index in [1.54, 1.807) is 0 Å². The van der Waals surface area contributed by atoms with E-state index in [-0.39, 0.29) is 5.69 Å². The second-order valence-corrected chi connectivity index (χ2v) is 4.45. The summed E-state index contributed by atoms with van der Waals surface area (Å²) in [6.45, 7) is 0.492. The van der Waals surface area contributed by atoms with E-state index < -0.39 is 5.97 Å². The van der Waals surface area contributed by atoms with Crippen molar-refractivity contribution in [2.75, 3.05) is 6.61 Å². The van der Waals surface area contributed by atoms with Crippen molar-refractivity contribution in [2.24, 2.45) is 5.92 Å². The van der Waals surface area contributed by atoms with Crippen LogP contribution >= 0.6 is 0 Å². The van der Waals surface area contributed by atoms with Crippen LogP contribution in [-0.4, -0.2) is 17.6 Å². The topological polar surface area (TPSA) is 52.3 Å². The fraction of sp³-hybridized carbons (Fsp3) is 0.286. The molecule has 4 heteroatoms.